The predicted octanol–water partition coefficient (Wildman–Crippen LogP) is 5.25. The zero-order chi connectivity index (χ0) is 14.7. The number of hydrogen-bond acceptors (Lipinski definition) is 1. The van der Waals surface area contributed by atoms with Crippen molar-refractivity contribution in [2.24, 2.45) is 0 Å². The largest absolute Gasteiger partial charge is 0.306 e. The molecule has 0 fully saturated rings. The monoisotopic (exact) mass is 355 g/mol. The second-order valence-corrected chi connectivity index (χ2v) is 5.95. The number of hydrogen-bond donors (Lipinski definition) is 1. The lowest BCUT2D eigenvalue weighted by atomic mass is 9.97. The molecule has 0 aliphatic rings. The molecule has 1 atom stereocenters. The molecule has 1 nitrogen and oxygen atoms in total. The van der Waals surface area contributed by atoms with Gasteiger partial charge in [0.25, 0.3) is 0 Å². The average Bonchev–Trinajstić information content (AvgIpc) is 2.42. The van der Waals surface area contributed by atoms with Crippen LogP contribution in [0.25, 0.3) is 0 Å². The van der Waals surface area contributed by atoms with Crippen molar-refractivity contribution in [1.82, 2.24) is 5.32 Å². The third-order valence-corrected chi connectivity index (χ3v) is 4.36. The van der Waals surface area contributed by atoms with E-state index in [1.54, 1.807) is 6.07 Å². The summed E-state index contributed by atoms with van der Waals surface area (Å²) in [6.45, 7) is 4.72. The molecule has 0 saturated heterocycles. The molecule has 0 heterocycles. The van der Waals surface area contributed by atoms with Gasteiger partial charge in [-0.3, -0.25) is 0 Å². The first-order valence-corrected chi connectivity index (χ1v) is 7.64. The molecule has 2 rings (SSSR count). The molecular weight excluding hydrogens is 341 g/mol. The number of nitrogens with one attached hydrogen (secondary N) is 1. The Morgan fingerprint density at radius 3 is 2.65 bits per heavy atom. The van der Waals surface area contributed by atoms with E-state index in [2.05, 4.69) is 21.2 Å². The highest BCUT2D eigenvalue weighted by Crippen LogP contribution is 2.30. The molecular formula is C16H16BrClFN. The van der Waals surface area contributed by atoms with Crippen LogP contribution in [0.2, 0.25) is 5.02 Å². The number of halogens is 3. The SMILES string of the molecule is CCNC(c1ccc(Cl)c(Br)c1)c1cc(C)ccc1F. The third kappa shape index (κ3) is 3.40. The minimum atomic E-state index is -0.201. The van der Waals surface area contributed by atoms with Gasteiger partial charge >= 0.3 is 0 Å². The summed E-state index contributed by atoms with van der Waals surface area (Å²) in [5.74, 6) is -0.201. The van der Waals surface area contributed by atoms with Crippen LogP contribution in [0.15, 0.2) is 40.9 Å². The molecule has 0 amide bonds. The minimum Gasteiger partial charge on any atom is -0.306 e. The summed E-state index contributed by atoms with van der Waals surface area (Å²) in [4.78, 5) is 0. The maximum atomic E-state index is 14.1. The van der Waals surface area contributed by atoms with Crippen molar-refractivity contribution in [3.63, 3.8) is 0 Å². The van der Waals surface area contributed by atoms with Crippen molar-refractivity contribution in [3.05, 3.63) is 68.4 Å². The lowest BCUT2D eigenvalue weighted by Crippen LogP contribution is -2.23. The van der Waals surface area contributed by atoms with E-state index in [1.165, 1.54) is 6.07 Å². The van der Waals surface area contributed by atoms with Crippen LogP contribution in [0, 0.1) is 12.7 Å². The Labute approximate surface area is 132 Å². The minimum absolute atomic E-state index is 0.187. The van der Waals surface area contributed by atoms with Crippen LogP contribution in [0.5, 0.6) is 0 Å². The zero-order valence-corrected chi connectivity index (χ0v) is 13.7. The van der Waals surface area contributed by atoms with Gasteiger partial charge in [0, 0.05) is 10.0 Å². The van der Waals surface area contributed by atoms with Crippen LogP contribution >= 0.6 is 27.5 Å². The van der Waals surface area contributed by atoms with E-state index in [4.69, 9.17) is 11.6 Å². The lowest BCUT2D eigenvalue weighted by molar-refractivity contribution is 0.558. The predicted molar refractivity (Wildman–Crippen MR) is 85.8 cm³/mol. The first kappa shape index (κ1) is 15.5. The van der Waals surface area contributed by atoms with Crippen molar-refractivity contribution in [2.75, 3.05) is 6.54 Å². The Morgan fingerprint density at radius 2 is 2.00 bits per heavy atom. The standard InChI is InChI=1S/C16H16BrClFN/c1-3-20-16(11-5-6-14(18)13(17)9-11)12-8-10(2)4-7-15(12)19/h4-9,16,20H,3H2,1-2H3. The zero-order valence-electron chi connectivity index (χ0n) is 11.4. The van der Waals surface area contributed by atoms with Gasteiger partial charge in [0.05, 0.1) is 11.1 Å². The molecule has 0 aliphatic heterocycles. The Morgan fingerprint density at radius 1 is 1.25 bits per heavy atom. The van der Waals surface area contributed by atoms with Crippen LogP contribution in [0.4, 0.5) is 4.39 Å². The highest BCUT2D eigenvalue weighted by Gasteiger charge is 2.18. The number of rotatable bonds is 4. The quantitative estimate of drug-likeness (QED) is 0.789. The lowest BCUT2D eigenvalue weighted by Gasteiger charge is -2.20. The first-order chi connectivity index (χ1) is 9.52. The molecule has 1 unspecified atom stereocenters. The van der Waals surface area contributed by atoms with Crippen LogP contribution in [0.3, 0.4) is 0 Å². The maximum Gasteiger partial charge on any atom is 0.128 e. The topological polar surface area (TPSA) is 12.0 Å². The van der Waals surface area contributed by atoms with Gasteiger partial charge in [-0.15, -0.1) is 0 Å². The van der Waals surface area contributed by atoms with Gasteiger partial charge in [-0.05, 0) is 53.2 Å². The Kier molecular flexibility index (Phi) is 5.19. The second kappa shape index (κ2) is 6.70. The maximum absolute atomic E-state index is 14.1. The van der Waals surface area contributed by atoms with Crippen LogP contribution < -0.4 is 5.32 Å². The molecule has 1 N–H and O–H groups in total. The Bertz CT molecular complexity index is 615. The summed E-state index contributed by atoms with van der Waals surface area (Å²) < 4.78 is 14.9. The number of aryl methyl sites for hydroxylation is 1. The first-order valence-electron chi connectivity index (χ1n) is 6.47. The molecule has 0 aliphatic carbocycles. The molecule has 0 aromatic heterocycles. The van der Waals surface area contributed by atoms with E-state index in [0.29, 0.717) is 10.6 Å². The highest BCUT2D eigenvalue weighted by atomic mass is 79.9. The van der Waals surface area contributed by atoms with Crippen LogP contribution in [-0.4, -0.2) is 6.54 Å². The van der Waals surface area contributed by atoms with Gasteiger partial charge in [-0.1, -0.05) is 42.3 Å². The highest BCUT2D eigenvalue weighted by molar-refractivity contribution is 9.10. The van der Waals surface area contributed by atoms with E-state index in [9.17, 15) is 4.39 Å². The molecule has 106 valence electrons. The van der Waals surface area contributed by atoms with E-state index < -0.39 is 0 Å². The summed E-state index contributed by atoms with van der Waals surface area (Å²) in [7, 11) is 0. The molecule has 4 heteroatoms. The second-order valence-electron chi connectivity index (χ2n) is 4.69. The smallest absolute Gasteiger partial charge is 0.128 e. The fraction of sp³-hybridized carbons (Fsp3) is 0.250. The van der Waals surface area contributed by atoms with Crippen molar-refractivity contribution in [1.29, 1.82) is 0 Å². The number of benzene rings is 2. The summed E-state index contributed by atoms with van der Waals surface area (Å²) >= 11 is 9.44. The molecule has 0 bridgehead atoms. The summed E-state index contributed by atoms with van der Waals surface area (Å²) in [5, 5.41) is 3.97. The summed E-state index contributed by atoms with van der Waals surface area (Å²) in [6.07, 6.45) is 0. The van der Waals surface area contributed by atoms with Crippen molar-refractivity contribution < 1.29 is 4.39 Å². The summed E-state index contributed by atoms with van der Waals surface area (Å²) in [6, 6.07) is 10.7. The van der Waals surface area contributed by atoms with Crippen LogP contribution in [-0.2, 0) is 0 Å². The molecule has 2 aromatic rings. The van der Waals surface area contributed by atoms with Gasteiger partial charge in [0.1, 0.15) is 5.82 Å². The molecule has 0 radical (unpaired) electrons. The molecule has 20 heavy (non-hydrogen) atoms. The Hall–Kier alpha value is -0.900. The van der Waals surface area contributed by atoms with Gasteiger partial charge in [0.2, 0.25) is 0 Å². The molecule has 2 aromatic carbocycles. The third-order valence-electron chi connectivity index (χ3n) is 3.15. The van der Waals surface area contributed by atoms with Crippen molar-refractivity contribution in [3.8, 4) is 0 Å². The molecule has 0 saturated carbocycles. The van der Waals surface area contributed by atoms with Crippen molar-refractivity contribution in [2.45, 2.75) is 19.9 Å². The molecule has 0 spiro atoms. The van der Waals surface area contributed by atoms with Gasteiger partial charge < -0.3 is 5.32 Å². The van der Waals surface area contributed by atoms with Gasteiger partial charge in [-0.25, -0.2) is 4.39 Å². The average molecular weight is 357 g/mol. The van der Waals surface area contributed by atoms with E-state index in [1.807, 2.05) is 38.1 Å². The van der Waals surface area contributed by atoms with Gasteiger partial charge in [0.15, 0.2) is 0 Å². The van der Waals surface area contributed by atoms with Crippen molar-refractivity contribution >= 4 is 27.5 Å². The Balaban J connectivity index is 2.49. The van der Waals surface area contributed by atoms with E-state index >= 15 is 0 Å². The fourth-order valence-corrected chi connectivity index (χ4v) is 2.70. The van der Waals surface area contributed by atoms with E-state index in [-0.39, 0.29) is 11.9 Å². The summed E-state index contributed by atoms with van der Waals surface area (Å²) in [5.41, 5.74) is 2.67. The fourth-order valence-electron chi connectivity index (χ4n) is 2.19. The van der Waals surface area contributed by atoms with Gasteiger partial charge in [-0.2, -0.15) is 0 Å². The van der Waals surface area contributed by atoms with Crippen LogP contribution in [0.1, 0.15) is 29.7 Å². The van der Waals surface area contributed by atoms with E-state index in [0.717, 1.165) is 22.1 Å². The normalized spacial score (nSPS) is 12.4.